The van der Waals surface area contributed by atoms with Crippen molar-refractivity contribution in [2.24, 2.45) is 0 Å². The van der Waals surface area contributed by atoms with Gasteiger partial charge in [0.2, 0.25) is 0 Å². The second-order valence-electron chi connectivity index (χ2n) is 25.9. The first kappa shape index (κ1) is 56.4. The highest BCUT2D eigenvalue weighted by Crippen LogP contribution is 2.53. The lowest BCUT2D eigenvalue weighted by molar-refractivity contribution is 0.462. The molecule has 1 aromatic heterocycles. The predicted octanol–water partition coefficient (Wildman–Crippen LogP) is 19.9. The maximum Gasteiger partial charge on any atom is 0.256 e. The zero-order valence-corrected chi connectivity index (χ0v) is 53.8. The summed E-state index contributed by atoms with van der Waals surface area (Å²) in [5.41, 5.74) is 26.5. The average molecular weight is 1260 g/mol. The molecule has 4 aliphatic heterocycles. The van der Waals surface area contributed by atoms with Crippen LogP contribution in [0.2, 0.25) is 0 Å². The summed E-state index contributed by atoms with van der Waals surface area (Å²) in [6, 6.07) is 130. The predicted molar refractivity (Wildman–Crippen MR) is 413 cm³/mol. The van der Waals surface area contributed by atoms with Crippen LogP contribution in [0, 0.1) is 0 Å². The quantitative estimate of drug-likeness (QED) is 0.120. The monoisotopic (exact) mass is 1260 g/mol. The lowest BCUT2D eigenvalue weighted by Crippen LogP contribution is -2.63. The molecule has 0 unspecified atom stereocenters. The Hall–Kier alpha value is -13.0. The van der Waals surface area contributed by atoms with Gasteiger partial charge in [-0.1, -0.05) is 224 Å². The van der Waals surface area contributed by atoms with Crippen LogP contribution >= 0.6 is 0 Å². The maximum absolute atomic E-state index is 8.24. The van der Waals surface area contributed by atoms with Crippen LogP contribution in [0.1, 0.15) is 0 Å². The minimum atomic E-state index is -0.314. The molecule has 4 aliphatic rings. The van der Waals surface area contributed by atoms with Gasteiger partial charge in [0.15, 0.2) is 11.5 Å². The Morgan fingerprint density at radius 2 is 0.586 bits per heavy atom. The molecule has 20 rings (SSSR count). The van der Waals surface area contributed by atoms with Crippen molar-refractivity contribution in [3.05, 3.63) is 358 Å². The van der Waals surface area contributed by atoms with E-state index in [1.807, 2.05) is 0 Å². The van der Waals surface area contributed by atoms with Crippen LogP contribution in [0.25, 0.3) is 49.7 Å². The van der Waals surface area contributed by atoms with E-state index in [9.17, 15) is 0 Å². The summed E-state index contributed by atoms with van der Waals surface area (Å²) in [7, 11) is 0. The number of anilines is 12. The molecule has 0 fully saturated rings. The molecule has 0 spiro atoms. The molecule has 15 aromatic carbocycles. The smallest absolute Gasteiger partial charge is 0.256 e. The third-order valence-electron chi connectivity index (χ3n) is 20.4. The van der Waals surface area contributed by atoms with Crippen molar-refractivity contribution in [1.29, 1.82) is 0 Å². The minimum Gasteiger partial charge on any atom is -0.456 e. The number of para-hydroxylation sites is 8. The summed E-state index contributed by atoms with van der Waals surface area (Å²) in [4.78, 5) is 9.61. The van der Waals surface area contributed by atoms with Gasteiger partial charge in [-0.25, -0.2) is 0 Å². The van der Waals surface area contributed by atoms with E-state index in [1.54, 1.807) is 0 Å². The Morgan fingerprint density at radius 3 is 0.960 bits per heavy atom. The molecule has 0 atom stereocenters. The fourth-order valence-electron chi connectivity index (χ4n) is 16.2. The van der Waals surface area contributed by atoms with Gasteiger partial charge in [0, 0.05) is 79.8 Å². The van der Waals surface area contributed by atoms with E-state index in [4.69, 9.17) is 9.47 Å². The molecule has 462 valence electrons. The summed E-state index contributed by atoms with van der Waals surface area (Å²) in [5, 5.41) is 2.23. The molecule has 0 amide bonds. The van der Waals surface area contributed by atoms with Crippen molar-refractivity contribution in [2.45, 2.75) is 0 Å². The Balaban J connectivity index is 0.928. The van der Waals surface area contributed by atoms with Gasteiger partial charge in [0.1, 0.15) is 17.2 Å². The first-order valence-electron chi connectivity index (χ1n) is 34.0. The lowest BCUT2D eigenvalue weighted by Gasteiger charge is -2.43. The number of hydrogen-bond acceptors (Lipinski definition) is 6. The maximum atomic E-state index is 8.24. The second kappa shape index (κ2) is 22.9. The van der Waals surface area contributed by atoms with Crippen LogP contribution in [0.3, 0.4) is 0 Å². The molecule has 0 N–H and O–H groups in total. The molecule has 5 heterocycles. The second-order valence-corrected chi connectivity index (χ2v) is 25.9. The molecule has 0 radical (unpaired) electrons. The Bertz CT molecular complexity index is 5390. The van der Waals surface area contributed by atoms with Crippen molar-refractivity contribution in [3.63, 3.8) is 0 Å². The molecular weight excluding hydrogens is 1200 g/mol. The topological polar surface area (TPSA) is 36.4 Å². The van der Waals surface area contributed by atoms with E-state index >= 15 is 0 Å². The van der Waals surface area contributed by atoms with Crippen LogP contribution < -0.4 is 61.9 Å². The molecule has 0 saturated heterocycles. The van der Waals surface area contributed by atoms with Crippen molar-refractivity contribution in [2.75, 3.05) is 19.6 Å². The van der Waals surface area contributed by atoms with E-state index < -0.39 is 0 Å². The summed E-state index contributed by atoms with van der Waals surface area (Å²) in [6.45, 7) is -0.629. The van der Waals surface area contributed by atoms with Crippen LogP contribution in [-0.2, 0) is 0 Å². The van der Waals surface area contributed by atoms with Gasteiger partial charge in [-0.2, -0.15) is 0 Å². The Labute approximate surface area is 575 Å². The lowest BCUT2D eigenvalue weighted by atomic mass is 9.31. The van der Waals surface area contributed by atoms with Gasteiger partial charge >= 0.3 is 0 Å². The van der Waals surface area contributed by atoms with Crippen molar-refractivity contribution >= 4 is 136 Å². The molecule has 7 nitrogen and oxygen atoms in total. The van der Waals surface area contributed by atoms with E-state index in [0.29, 0.717) is 0 Å². The van der Waals surface area contributed by atoms with E-state index in [0.717, 1.165) is 163 Å². The van der Waals surface area contributed by atoms with Gasteiger partial charge in [0.05, 0.1) is 22.4 Å². The van der Waals surface area contributed by atoms with E-state index in [1.165, 1.54) is 10.9 Å². The Morgan fingerprint density at radius 1 is 0.253 bits per heavy atom. The molecule has 99 heavy (non-hydrogen) atoms. The van der Waals surface area contributed by atoms with Crippen molar-refractivity contribution in [3.8, 4) is 50.9 Å². The van der Waals surface area contributed by atoms with Gasteiger partial charge in [-0.05, 0) is 176 Å². The highest BCUT2D eigenvalue weighted by molar-refractivity contribution is 7.02. The Kier molecular flexibility index (Phi) is 13.0. The van der Waals surface area contributed by atoms with Gasteiger partial charge in [-0.15, -0.1) is 0 Å². The van der Waals surface area contributed by atoms with E-state index in [-0.39, 0.29) is 13.4 Å². The summed E-state index contributed by atoms with van der Waals surface area (Å²) < 4.78 is 19.0. The van der Waals surface area contributed by atoms with E-state index in [2.05, 4.69) is 382 Å². The van der Waals surface area contributed by atoms with Crippen molar-refractivity contribution < 1.29 is 9.47 Å². The number of hydrogen-bond donors (Lipinski definition) is 0. The molecule has 16 aromatic rings. The number of aromatic nitrogens is 1. The number of benzene rings is 15. The van der Waals surface area contributed by atoms with Gasteiger partial charge in [0.25, 0.3) is 13.4 Å². The van der Waals surface area contributed by atoms with Crippen LogP contribution in [0.4, 0.5) is 68.2 Å². The van der Waals surface area contributed by atoms with Gasteiger partial charge in [-0.3, -0.25) is 0 Å². The summed E-state index contributed by atoms with van der Waals surface area (Å²) >= 11 is 0. The molecule has 0 saturated carbocycles. The summed E-state index contributed by atoms with van der Waals surface area (Å²) in [6.07, 6.45) is 0. The summed E-state index contributed by atoms with van der Waals surface area (Å²) in [5.74, 6) is 2.98. The fraction of sp³-hybridized carbons (Fsp3) is 0. The van der Waals surface area contributed by atoms with Crippen molar-refractivity contribution in [1.82, 2.24) is 4.57 Å². The number of ether oxygens (including phenoxy) is 2. The van der Waals surface area contributed by atoms with Gasteiger partial charge < -0.3 is 33.6 Å². The fourth-order valence-corrected chi connectivity index (χ4v) is 16.2. The molecule has 9 heteroatoms. The number of rotatable bonds is 11. The largest absolute Gasteiger partial charge is 0.456 e. The number of nitrogens with zero attached hydrogens (tertiary/aromatic N) is 5. The molecular formula is C90H59B2N5O2. The standard InChI is InChI=1S/C90H59B2N5O2/c1-9-29-60(30-10-1)62-49-51-78-72(53-62)73-54-63(61-31-11-2-12-32-61)50-52-79(73)97(78)88-89-76(91-74-45-25-27-47-80(74)95(68-41-21-7-22-42-68)82-55-70(57-84(98-89)86(82)91)93(64-33-13-3-14-34-64)65-35-15-4-16-36-65)59-77-90(88)99-85-58-71(94(66-37-17-5-18-38-66)67-39-19-6-20-40-67)56-83-87(85)92(77)75-46-26-28-48-81(75)96(83)69-43-23-8-24-44-69/h1-59H. The highest BCUT2D eigenvalue weighted by Gasteiger charge is 2.49. The van der Waals surface area contributed by atoms with Crippen LogP contribution in [0.5, 0.6) is 23.0 Å². The molecule has 0 bridgehead atoms. The first-order valence-corrected chi connectivity index (χ1v) is 34.0. The SMILES string of the molecule is c1ccc(-c2ccc3c(c2)c2cc(-c4ccccc4)ccc2n3-c2c3c(cc4c2Oc2cc(N(c5ccccc5)c5ccccc5)cc5c2B4c2ccccc2N5c2ccccc2)B2c4ccccc4N(c4ccccc4)c4cc(N(c5ccccc5)c5ccccc5)cc(c42)O3)cc1. The average Bonchev–Trinajstić information content (AvgIpc) is 1.55. The van der Waals surface area contributed by atoms with Crippen LogP contribution in [0.15, 0.2) is 358 Å². The molecule has 0 aliphatic carbocycles. The third kappa shape index (κ3) is 9.01. The third-order valence-corrected chi connectivity index (χ3v) is 20.4. The number of fused-ring (bicyclic) bond motifs is 11. The minimum absolute atomic E-state index is 0.314. The van der Waals surface area contributed by atoms with Crippen LogP contribution in [-0.4, -0.2) is 18.0 Å². The first-order chi connectivity index (χ1) is 49.1. The zero-order valence-electron chi connectivity index (χ0n) is 53.8. The zero-order chi connectivity index (χ0) is 65.1. The normalized spacial score (nSPS) is 12.7. The highest BCUT2D eigenvalue weighted by atomic mass is 16.5.